The normalized spacial score (nSPS) is 15.5. The summed E-state index contributed by atoms with van der Waals surface area (Å²) >= 11 is 0. The van der Waals surface area contributed by atoms with Crippen LogP contribution in [-0.4, -0.2) is 23.3 Å². The maximum Gasteiger partial charge on any atom is 0.416 e. The molecule has 0 saturated heterocycles. The number of allylic oxidation sites excluding steroid dienone is 2. The van der Waals surface area contributed by atoms with Crippen LogP contribution in [0.15, 0.2) is 78.9 Å². The van der Waals surface area contributed by atoms with Crippen molar-refractivity contribution in [2.24, 2.45) is 5.92 Å². The van der Waals surface area contributed by atoms with E-state index < -0.39 is 11.7 Å². The second-order valence-electron chi connectivity index (χ2n) is 9.64. The summed E-state index contributed by atoms with van der Waals surface area (Å²) in [5.41, 5.74) is 3.54. The van der Waals surface area contributed by atoms with E-state index in [4.69, 9.17) is 0 Å². The second kappa shape index (κ2) is 10.2. The first-order valence-corrected chi connectivity index (χ1v) is 12.4. The van der Waals surface area contributed by atoms with E-state index in [0.717, 1.165) is 42.5 Å². The zero-order chi connectivity index (χ0) is 26.0. The molecule has 7 heteroatoms. The Morgan fingerprint density at radius 1 is 0.919 bits per heavy atom. The van der Waals surface area contributed by atoms with E-state index in [1.807, 2.05) is 23.1 Å². The van der Waals surface area contributed by atoms with E-state index in [0.29, 0.717) is 47.8 Å². The second-order valence-corrected chi connectivity index (χ2v) is 9.64. The van der Waals surface area contributed by atoms with E-state index in [9.17, 15) is 22.8 Å². The molecule has 0 bridgehead atoms. The van der Waals surface area contributed by atoms with Gasteiger partial charge in [-0.15, -0.1) is 0 Å². The molecule has 0 aromatic heterocycles. The van der Waals surface area contributed by atoms with Crippen LogP contribution in [0.25, 0.3) is 11.1 Å². The molecule has 0 unspecified atom stereocenters. The number of hydrogen-bond donors (Lipinski definition) is 1. The first-order valence-electron chi connectivity index (χ1n) is 12.4. The van der Waals surface area contributed by atoms with Gasteiger partial charge in [0.1, 0.15) is 0 Å². The van der Waals surface area contributed by atoms with Crippen LogP contribution in [0, 0.1) is 5.92 Å². The van der Waals surface area contributed by atoms with Crippen molar-refractivity contribution in [2.45, 2.75) is 38.4 Å². The van der Waals surface area contributed by atoms with Gasteiger partial charge in [0.25, 0.3) is 5.91 Å². The van der Waals surface area contributed by atoms with Crippen LogP contribution in [0.2, 0.25) is 0 Å². The average molecular weight is 505 g/mol. The Bertz CT molecular complexity index is 1340. The highest BCUT2D eigenvalue weighted by molar-refractivity contribution is 6.08. The Morgan fingerprint density at radius 3 is 2.38 bits per heavy atom. The highest BCUT2D eigenvalue weighted by Crippen LogP contribution is 2.32. The Balaban J connectivity index is 1.28. The molecule has 1 N–H and O–H groups in total. The number of fused-ring (bicyclic) bond motifs is 1. The van der Waals surface area contributed by atoms with Crippen LogP contribution in [0.1, 0.15) is 46.3 Å². The molecule has 1 aliphatic heterocycles. The third kappa shape index (κ3) is 5.61. The molecular formula is C30H27F3N2O2. The van der Waals surface area contributed by atoms with Crippen molar-refractivity contribution in [3.05, 3.63) is 101 Å². The Hall–Kier alpha value is -3.87. The molecule has 0 atom stereocenters. The van der Waals surface area contributed by atoms with Crippen LogP contribution in [0.3, 0.4) is 0 Å². The zero-order valence-corrected chi connectivity index (χ0v) is 20.2. The Kier molecular flexibility index (Phi) is 6.87. The molecule has 1 heterocycles. The van der Waals surface area contributed by atoms with Gasteiger partial charge in [0, 0.05) is 30.8 Å². The predicted molar refractivity (Wildman–Crippen MR) is 137 cm³/mol. The molecule has 0 spiro atoms. The summed E-state index contributed by atoms with van der Waals surface area (Å²) in [6, 6.07) is 17.4. The van der Waals surface area contributed by atoms with Crippen LogP contribution in [0.5, 0.6) is 0 Å². The highest BCUT2D eigenvalue weighted by atomic mass is 19.4. The summed E-state index contributed by atoms with van der Waals surface area (Å²) in [4.78, 5) is 27.8. The molecule has 2 amide bonds. The fourth-order valence-electron chi connectivity index (χ4n) is 5.03. The van der Waals surface area contributed by atoms with Gasteiger partial charge in [-0.2, -0.15) is 13.2 Å². The van der Waals surface area contributed by atoms with Crippen molar-refractivity contribution < 1.29 is 22.8 Å². The van der Waals surface area contributed by atoms with Gasteiger partial charge in [0.15, 0.2) is 0 Å². The van der Waals surface area contributed by atoms with Gasteiger partial charge in [0.2, 0.25) is 5.91 Å². The lowest BCUT2D eigenvalue weighted by atomic mass is 9.96. The third-order valence-electron chi connectivity index (χ3n) is 7.09. The number of carbonyl (C=O) groups is 2. The third-order valence-corrected chi connectivity index (χ3v) is 7.09. The lowest BCUT2D eigenvalue weighted by Gasteiger charge is -2.30. The molecule has 3 aromatic rings. The van der Waals surface area contributed by atoms with Crippen LogP contribution in [0.4, 0.5) is 18.9 Å². The van der Waals surface area contributed by atoms with Gasteiger partial charge in [-0.1, -0.05) is 48.6 Å². The lowest BCUT2D eigenvalue weighted by Crippen LogP contribution is -2.36. The molecule has 3 aromatic carbocycles. The van der Waals surface area contributed by atoms with Crippen LogP contribution in [-0.2, 0) is 23.9 Å². The number of amides is 2. The fourth-order valence-corrected chi connectivity index (χ4v) is 5.03. The highest BCUT2D eigenvalue weighted by Gasteiger charge is 2.30. The van der Waals surface area contributed by atoms with Crippen molar-refractivity contribution in [3.63, 3.8) is 0 Å². The topological polar surface area (TPSA) is 49.4 Å². The van der Waals surface area contributed by atoms with E-state index in [1.54, 1.807) is 24.3 Å². The molecule has 4 nitrogen and oxygen atoms in total. The first kappa shape index (κ1) is 24.8. The standard InChI is InChI=1S/C30H27F3N2O2/c31-30(32,33)24-12-9-21(10-13-24)26-7-3-4-8-27(26)29(37)34-25-14-11-23-19-35(16-15-22(23)18-25)28(36)17-20-5-1-2-6-20/h1-4,7-14,18,20H,5-6,15-17,19H2,(H,34,37). The van der Waals surface area contributed by atoms with Gasteiger partial charge in [0.05, 0.1) is 5.56 Å². The summed E-state index contributed by atoms with van der Waals surface area (Å²) in [6.07, 6.45) is 3.11. The quantitative estimate of drug-likeness (QED) is 0.386. The monoisotopic (exact) mass is 504 g/mol. The van der Waals surface area contributed by atoms with E-state index in [1.165, 1.54) is 12.1 Å². The summed E-state index contributed by atoms with van der Waals surface area (Å²) in [7, 11) is 0. The number of alkyl halides is 3. The largest absolute Gasteiger partial charge is 0.416 e. The van der Waals surface area contributed by atoms with Crippen molar-refractivity contribution in [3.8, 4) is 11.1 Å². The van der Waals surface area contributed by atoms with Crippen molar-refractivity contribution in [1.82, 2.24) is 4.90 Å². The van der Waals surface area contributed by atoms with Crippen molar-refractivity contribution >= 4 is 17.5 Å². The number of carbonyl (C=O) groups excluding carboxylic acids is 2. The molecule has 5 rings (SSSR count). The molecule has 0 saturated carbocycles. The summed E-state index contributed by atoms with van der Waals surface area (Å²) in [5.74, 6) is 0.266. The first-order chi connectivity index (χ1) is 17.8. The van der Waals surface area contributed by atoms with Crippen molar-refractivity contribution in [1.29, 1.82) is 0 Å². The van der Waals surface area contributed by atoms with Gasteiger partial charge in [-0.3, -0.25) is 9.59 Å². The number of nitrogens with zero attached hydrogens (tertiary/aromatic N) is 1. The van der Waals surface area contributed by atoms with Gasteiger partial charge in [-0.25, -0.2) is 0 Å². The minimum atomic E-state index is -4.42. The molecule has 0 fully saturated rings. The number of hydrogen-bond acceptors (Lipinski definition) is 2. The van der Waals surface area contributed by atoms with Gasteiger partial charge in [-0.05, 0) is 77.8 Å². The number of halogens is 3. The average Bonchev–Trinajstić information content (AvgIpc) is 3.41. The maximum absolute atomic E-state index is 13.2. The summed E-state index contributed by atoms with van der Waals surface area (Å²) in [5, 5.41) is 2.93. The maximum atomic E-state index is 13.2. The number of anilines is 1. The van der Waals surface area contributed by atoms with E-state index in [-0.39, 0.29) is 11.8 Å². The molecule has 1 aliphatic carbocycles. The zero-order valence-electron chi connectivity index (χ0n) is 20.2. The lowest BCUT2D eigenvalue weighted by molar-refractivity contribution is -0.137. The number of benzene rings is 3. The minimum Gasteiger partial charge on any atom is -0.338 e. The van der Waals surface area contributed by atoms with Crippen molar-refractivity contribution in [2.75, 3.05) is 11.9 Å². The molecule has 37 heavy (non-hydrogen) atoms. The number of rotatable bonds is 5. The smallest absolute Gasteiger partial charge is 0.338 e. The van der Waals surface area contributed by atoms with Gasteiger partial charge < -0.3 is 10.2 Å². The summed E-state index contributed by atoms with van der Waals surface area (Å²) < 4.78 is 38.8. The predicted octanol–water partition coefficient (Wildman–Crippen LogP) is 6.87. The van der Waals surface area contributed by atoms with E-state index in [2.05, 4.69) is 17.5 Å². The molecule has 2 aliphatic rings. The van der Waals surface area contributed by atoms with Gasteiger partial charge >= 0.3 is 6.18 Å². The minimum absolute atomic E-state index is 0.191. The SMILES string of the molecule is O=C(Nc1ccc2c(c1)CCN(C(=O)CC1CC=CC1)C2)c1ccccc1-c1ccc(C(F)(F)F)cc1. The molecular weight excluding hydrogens is 477 g/mol. The Labute approximate surface area is 213 Å². The fraction of sp³-hybridized carbons (Fsp3) is 0.267. The van der Waals surface area contributed by atoms with Crippen LogP contribution < -0.4 is 5.32 Å². The summed E-state index contributed by atoms with van der Waals surface area (Å²) in [6.45, 7) is 1.22. The number of nitrogens with one attached hydrogen (secondary N) is 1. The molecule has 0 radical (unpaired) electrons. The van der Waals surface area contributed by atoms with Crippen LogP contribution >= 0.6 is 0 Å². The Morgan fingerprint density at radius 2 is 1.65 bits per heavy atom. The molecule has 190 valence electrons. The van der Waals surface area contributed by atoms with E-state index >= 15 is 0 Å².